The fraction of sp³-hybridized carbons (Fsp3) is 0.265. The highest BCUT2D eigenvalue weighted by Gasteiger charge is 2.67. The van der Waals surface area contributed by atoms with Gasteiger partial charge in [-0.2, -0.15) is 5.26 Å². The molecule has 44 heavy (non-hydrogen) atoms. The predicted molar refractivity (Wildman–Crippen MR) is 159 cm³/mol. The molecule has 0 N–H and O–H groups in total. The summed E-state index contributed by atoms with van der Waals surface area (Å²) in [6, 6.07) is 18.6. The number of rotatable bonds is 8. The van der Waals surface area contributed by atoms with Gasteiger partial charge >= 0.3 is 17.9 Å². The Hall–Kier alpha value is -5.43. The lowest BCUT2D eigenvalue weighted by Gasteiger charge is -2.36. The van der Waals surface area contributed by atoms with E-state index in [1.807, 2.05) is 35.2 Å². The molecular weight excluding hydrogens is 564 g/mol. The van der Waals surface area contributed by atoms with Gasteiger partial charge in [0.05, 0.1) is 25.8 Å². The molecule has 2 aliphatic rings. The van der Waals surface area contributed by atoms with Gasteiger partial charge < -0.3 is 23.8 Å². The van der Waals surface area contributed by atoms with Crippen molar-refractivity contribution in [1.29, 1.82) is 5.26 Å². The first kappa shape index (κ1) is 30.0. The Morgan fingerprint density at radius 3 is 2.27 bits per heavy atom. The highest BCUT2D eigenvalue weighted by molar-refractivity contribution is 6.06. The predicted octanol–water partition coefficient (Wildman–Crippen LogP) is 4.87. The minimum absolute atomic E-state index is 0.0208. The maximum Gasteiger partial charge on any atom is 0.329 e. The van der Waals surface area contributed by atoms with Crippen LogP contribution in [-0.2, 0) is 19.1 Å². The summed E-state index contributed by atoms with van der Waals surface area (Å²) in [7, 11) is 1.40. The van der Waals surface area contributed by atoms with Crippen molar-refractivity contribution in [3.05, 3.63) is 89.5 Å². The Kier molecular flexibility index (Phi) is 8.23. The zero-order valence-electron chi connectivity index (χ0n) is 24.6. The van der Waals surface area contributed by atoms with Crippen molar-refractivity contribution in [2.45, 2.75) is 38.8 Å². The lowest BCUT2D eigenvalue weighted by molar-refractivity contribution is -0.152. The number of carbonyl (C=O) groups is 4. The second kappa shape index (κ2) is 12.1. The number of nitriles is 1. The van der Waals surface area contributed by atoms with Gasteiger partial charge in [0, 0.05) is 31.0 Å². The molecular formula is C34H30N2O8. The fourth-order valence-electron chi connectivity index (χ4n) is 6.13. The fourth-order valence-corrected chi connectivity index (χ4v) is 6.13. The molecule has 3 aromatic carbocycles. The van der Waals surface area contributed by atoms with E-state index in [9.17, 15) is 24.4 Å². The highest BCUT2D eigenvalue weighted by Crippen LogP contribution is 2.57. The maximum absolute atomic E-state index is 14.6. The number of Topliss-reactive ketones (excluding diaryl/α,β-unsaturated/α-hetero) is 1. The highest BCUT2D eigenvalue weighted by atomic mass is 16.6. The molecule has 2 heterocycles. The third-order valence-corrected chi connectivity index (χ3v) is 7.81. The Morgan fingerprint density at radius 1 is 0.932 bits per heavy atom. The number of methoxy groups -OCH3 is 1. The third kappa shape index (κ3) is 5.07. The van der Waals surface area contributed by atoms with Gasteiger partial charge in [0.15, 0.2) is 22.7 Å². The van der Waals surface area contributed by atoms with Gasteiger partial charge in [-0.15, -0.1) is 0 Å². The van der Waals surface area contributed by atoms with Gasteiger partial charge in [-0.25, -0.2) is 0 Å². The van der Waals surface area contributed by atoms with Crippen molar-refractivity contribution in [2.75, 3.05) is 18.6 Å². The number of benzene rings is 3. The van der Waals surface area contributed by atoms with E-state index < -0.39 is 41.3 Å². The summed E-state index contributed by atoms with van der Waals surface area (Å²) in [5.74, 6) is -2.66. The monoisotopic (exact) mass is 594 g/mol. The molecule has 0 bridgehead atoms. The minimum atomic E-state index is -1.87. The number of carbonyl (C=O) groups excluding carboxylic acids is 4. The van der Waals surface area contributed by atoms with E-state index in [2.05, 4.69) is 6.07 Å². The maximum atomic E-state index is 14.6. The standard InChI is InChI=1S/C34H30N2O8/c1-5-42-33(40)34(19-35)29-17-13-22-8-6-7-9-26(22)36(29)31(32(39)23-10-14-25(15-11-23)43-20(2)37)30(34)24-12-16-27(44-21(3)38)28(18-24)41-4/h6-18,29-31H,5H2,1-4H3/t29-,30+,31+,34-/m0/s1. The molecule has 1 fully saturated rings. The molecule has 0 radical (unpaired) electrons. The number of nitrogens with zero attached hydrogens (tertiary/aromatic N) is 2. The topological polar surface area (TPSA) is 132 Å². The lowest BCUT2D eigenvalue weighted by atomic mass is 9.68. The van der Waals surface area contributed by atoms with Gasteiger partial charge in [0.25, 0.3) is 0 Å². The Labute approximate surface area is 254 Å². The minimum Gasteiger partial charge on any atom is -0.493 e. The van der Waals surface area contributed by atoms with Crippen LogP contribution in [0.4, 0.5) is 5.69 Å². The Balaban J connectivity index is 1.76. The van der Waals surface area contributed by atoms with E-state index in [1.165, 1.54) is 39.2 Å². The first-order valence-corrected chi connectivity index (χ1v) is 14.0. The van der Waals surface area contributed by atoms with Crippen LogP contribution in [0.2, 0.25) is 0 Å². The van der Waals surface area contributed by atoms with Gasteiger partial charge in [-0.1, -0.05) is 36.4 Å². The summed E-state index contributed by atoms with van der Waals surface area (Å²) in [4.78, 5) is 53.7. The zero-order valence-corrected chi connectivity index (χ0v) is 24.6. The molecule has 5 rings (SSSR count). The van der Waals surface area contributed by atoms with Crippen LogP contribution in [0.3, 0.4) is 0 Å². The molecule has 0 saturated carbocycles. The molecule has 0 aliphatic carbocycles. The molecule has 0 aromatic heterocycles. The van der Waals surface area contributed by atoms with E-state index in [1.54, 1.807) is 37.3 Å². The SMILES string of the molecule is CCOC(=O)[C@]1(C#N)[C@H](c2ccc(OC(C)=O)c(OC)c2)[C@H](C(=O)c2ccc(OC(C)=O)cc2)N2c3ccccc3C=C[C@H]21. The van der Waals surface area contributed by atoms with Crippen LogP contribution in [0.5, 0.6) is 17.2 Å². The van der Waals surface area contributed by atoms with Crippen molar-refractivity contribution in [1.82, 2.24) is 0 Å². The molecule has 0 spiro atoms. The Morgan fingerprint density at radius 2 is 1.64 bits per heavy atom. The third-order valence-electron chi connectivity index (χ3n) is 7.81. The van der Waals surface area contributed by atoms with E-state index in [0.29, 0.717) is 11.3 Å². The molecule has 0 unspecified atom stereocenters. The largest absolute Gasteiger partial charge is 0.493 e. The summed E-state index contributed by atoms with van der Waals surface area (Å²) >= 11 is 0. The van der Waals surface area contributed by atoms with Gasteiger partial charge in [0.1, 0.15) is 11.8 Å². The van der Waals surface area contributed by atoms with E-state index >= 15 is 0 Å². The van der Waals surface area contributed by atoms with Crippen molar-refractivity contribution in [2.24, 2.45) is 5.41 Å². The summed E-state index contributed by atoms with van der Waals surface area (Å²) in [5.41, 5.74) is 0.326. The van der Waals surface area contributed by atoms with Crippen LogP contribution in [-0.4, -0.2) is 49.5 Å². The Bertz CT molecular complexity index is 1710. The van der Waals surface area contributed by atoms with Crippen LogP contribution in [0.15, 0.2) is 72.8 Å². The number of ether oxygens (including phenoxy) is 4. The number of para-hydroxylation sites is 1. The van der Waals surface area contributed by atoms with Crippen molar-refractivity contribution in [3.63, 3.8) is 0 Å². The normalized spacial score (nSPS) is 21.3. The number of hydrogen-bond acceptors (Lipinski definition) is 10. The second-order valence-corrected chi connectivity index (χ2v) is 10.4. The average Bonchev–Trinajstić information content (AvgIpc) is 3.32. The van der Waals surface area contributed by atoms with E-state index in [0.717, 1.165) is 5.56 Å². The second-order valence-electron chi connectivity index (χ2n) is 10.4. The number of esters is 3. The average molecular weight is 595 g/mol. The lowest BCUT2D eigenvalue weighted by Crippen LogP contribution is -2.47. The summed E-state index contributed by atoms with van der Waals surface area (Å²) < 4.78 is 21.5. The number of hydrogen-bond donors (Lipinski definition) is 0. The molecule has 0 amide bonds. The van der Waals surface area contributed by atoms with Crippen LogP contribution in [0.25, 0.3) is 6.08 Å². The van der Waals surface area contributed by atoms with E-state index in [-0.39, 0.29) is 35.2 Å². The summed E-state index contributed by atoms with van der Waals surface area (Å²) in [6.45, 7) is 4.21. The van der Waals surface area contributed by atoms with Crippen molar-refractivity contribution in [3.8, 4) is 23.3 Å². The molecule has 224 valence electrons. The first-order valence-electron chi connectivity index (χ1n) is 14.0. The van der Waals surface area contributed by atoms with Crippen molar-refractivity contribution >= 4 is 35.5 Å². The van der Waals surface area contributed by atoms with E-state index in [4.69, 9.17) is 18.9 Å². The number of ketones is 1. The molecule has 4 atom stereocenters. The van der Waals surface area contributed by atoms with Crippen molar-refractivity contribution < 1.29 is 38.1 Å². The van der Waals surface area contributed by atoms with Crippen LogP contribution < -0.4 is 19.1 Å². The molecule has 1 saturated heterocycles. The van der Waals surface area contributed by atoms with Gasteiger partial charge in [0.2, 0.25) is 0 Å². The smallest absolute Gasteiger partial charge is 0.329 e. The quantitative estimate of drug-likeness (QED) is 0.202. The molecule has 3 aromatic rings. The summed E-state index contributed by atoms with van der Waals surface area (Å²) in [6.07, 6.45) is 3.60. The molecule has 2 aliphatic heterocycles. The van der Waals surface area contributed by atoms with Crippen LogP contribution >= 0.6 is 0 Å². The molecule has 10 nitrogen and oxygen atoms in total. The molecule has 10 heteroatoms. The number of fused-ring (bicyclic) bond motifs is 3. The number of anilines is 1. The summed E-state index contributed by atoms with van der Waals surface area (Å²) in [5, 5.41) is 11.0. The first-order chi connectivity index (χ1) is 21.2. The van der Waals surface area contributed by atoms with Gasteiger partial charge in [-0.3, -0.25) is 19.2 Å². The van der Waals surface area contributed by atoms with Crippen LogP contribution in [0.1, 0.15) is 48.2 Å². The van der Waals surface area contributed by atoms with Crippen LogP contribution in [0, 0.1) is 16.7 Å². The van der Waals surface area contributed by atoms with Gasteiger partial charge in [-0.05, 0) is 60.5 Å². The zero-order chi connectivity index (χ0) is 31.6.